The number of nitrogens with two attached hydrogens (primary N) is 1. The fourth-order valence-corrected chi connectivity index (χ4v) is 4.76. The van der Waals surface area contributed by atoms with Crippen molar-refractivity contribution in [2.75, 3.05) is 24.3 Å². The molecule has 0 saturated carbocycles. The number of alkyl halides is 3. The number of hydrogen-bond acceptors (Lipinski definition) is 8. The Balaban J connectivity index is 1.32. The molecule has 204 valence electrons. The van der Waals surface area contributed by atoms with Gasteiger partial charge in [0.15, 0.2) is 17.4 Å². The van der Waals surface area contributed by atoms with Crippen LogP contribution in [0.2, 0.25) is 0 Å². The van der Waals surface area contributed by atoms with Crippen LogP contribution in [0.25, 0.3) is 22.2 Å². The number of fused-ring (bicyclic) bond motifs is 1. The Morgan fingerprint density at radius 1 is 1.23 bits per heavy atom. The molecule has 14 heteroatoms. The summed E-state index contributed by atoms with van der Waals surface area (Å²) in [6.45, 7) is 0.639. The van der Waals surface area contributed by atoms with Gasteiger partial charge < -0.3 is 19.9 Å². The lowest BCUT2D eigenvalue weighted by atomic mass is 9.96. The summed E-state index contributed by atoms with van der Waals surface area (Å²) in [5, 5.41) is 6.02. The second-order valence-corrected chi connectivity index (χ2v) is 9.12. The number of benzene rings is 1. The topological polar surface area (TPSA) is 132 Å². The largest absolute Gasteiger partial charge is 0.491 e. The molecule has 5 rings (SSSR count). The van der Waals surface area contributed by atoms with Crippen LogP contribution in [-0.2, 0) is 12.7 Å². The van der Waals surface area contributed by atoms with E-state index in [-0.39, 0.29) is 46.6 Å². The highest BCUT2D eigenvalue weighted by Crippen LogP contribution is 2.37. The molecule has 0 bridgehead atoms. The zero-order chi connectivity index (χ0) is 27.9. The van der Waals surface area contributed by atoms with Gasteiger partial charge in [0.2, 0.25) is 0 Å². The van der Waals surface area contributed by atoms with E-state index >= 15 is 0 Å². The minimum Gasteiger partial charge on any atom is -0.491 e. The van der Waals surface area contributed by atoms with E-state index in [1.807, 2.05) is 5.10 Å². The number of ether oxygens (including phenoxy) is 1. The number of aromatic nitrogens is 5. The predicted octanol–water partition coefficient (Wildman–Crippen LogP) is 3.35. The van der Waals surface area contributed by atoms with Gasteiger partial charge in [-0.25, -0.2) is 19.5 Å². The average molecular weight is 545 g/mol. The molecule has 1 unspecified atom stereocenters. The minimum absolute atomic E-state index is 0.0474. The number of nitrogens with one attached hydrogen (secondary N) is 1. The standard InChI is InChI=1S/C25H23F4N7O3/c1-39-19-12-31-22(33-21(19)30)16-9-13-4-7-35(24(38)15(13)10-17(16)26)6-2-3-14-5-8-36(14)18-11-32-34-23(37)20(18)25(27,28)29/h4,7,9-12,14H,2-3,5-6,8H2,1H3,(H,34,37)(H2,30,31,33). The van der Waals surface area contributed by atoms with Gasteiger partial charge in [0.05, 0.1) is 36.1 Å². The molecule has 3 N–H and O–H groups in total. The molecule has 0 aliphatic carbocycles. The van der Waals surface area contributed by atoms with Crippen molar-refractivity contribution in [1.29, 1.82) is 0 Å². The molecule has 10 nitrogen and oxygen atoms in total. The number of aromatic amines is 1. The van der Waals surface area contributed by atoms with Crippen LogP contribution >= 0.6 is 0 Å². The van der Waals surface area contributed by atoms with Crippen LogP contribution in [0.15, 0.2) is 46.4 Å². The maximum Gasteiger partial charge on any atom is 0.423 e. The Morgan fingerprint density at radius 3 is 2.69 bits per heavy atom. The number of nitrogen functional groups attached to an aromatic ring is 1. The van der Waals surface area contributed by atoms with Gasteiger partial charge in [0, 0.05) is 25.3 Å². The first-order valence-electron chi connectivity index (χ1n) is 12.0. The molecule has 1 fully saturated rings. The number of hydrogen-bond donors (Lipinski definition) is 2. The van der Waals surface area contributed by atoms with Gasteiger partial charge in [-0.05, 0) is 42.8 Å². The van der Waals surface area contributed by atoms with Crippen molar-refractivity contribution in [2.45, 2.75) is 38.0 Å². The van der Waals surface area contributed by atoms with E-state index in [0.29, 0.717) is 31.2 Å². The van der Waals surface area contributed by atoms with Crippen molar-refractivity contribution >= 4 is 22.3 Å². The Morgan fingerprint density at radius 2 is 2.03 bits per heavy atom. The molecule has 0 radical (unpaired) electrons. The third kappa shape index (κ3) is 4.89. The van der Waals surface area contributed by atoms with Gasteiger partial charge in [-0.2, -0.15) is 18.3 Å². The lowest BCUT2D eigenvalue weighted by molar-refractivity contribution is -0.138. The van der Waals surface area contributed by atoms with Gasteiger partial charge in [-0.3, -0.25) is 9.59 Å². The quantitative estimate of drug-likeness (QED) is 0.338. The van der Waals surface area contributed by atoms with E-state index in [0.717, 1.165) is 12.3 Å². The number of aryl methyl sites for hydroxylation is 1. The molecule has 4 aromatic rings. The van der Waals surface area contributed by atoms with Gasteiger partial charge in [0.1, 0.15) is 11.4 Å². The number of nitrogens with zero attached hydrogens (tertiary/aromatic N) is 5. The molecule has 1 saturated heterocycles. The monoisotopic (exact) mass is 545 g/mol. The molecule has 0 spiro atoms. The van der Waals surface area contributed by atoms with Crippen LogP contribution in [0.3, 0.4) is 0 Å². The average Bonchev–Trinajstić information content (AvgIpc) is 2.86. The summed E-state index contributed by atoms with van der Waals surface area (Å²) in [7, 11) is 1.41. The van der Waals surface area contributed by atoms with Gasteiger partial charge >= 0.3 is 6.18 Å². The van der Waals surface area contributed by atoms with Crippen LogP contribution in [0, 0.1) is 5.82 Å². The van der Waals surface area contributed by atoms with Gasteiger partial charge in [-0.15, -0.1) is 0 Å². The van der Waals surface area contributed by atoms with Crippen LogP contribution in [0.1, 0.15) is 24.8 Å². The number of pyridine rings is 1. The summed E-state index contributed by atoms with van der Waals surface area (Å²) < 4.78 is 61.8. The zero-order valence-electron chi connectivity index (χ0n) is 20.6. The fraction of sp³-hybridized carbons (Fsp3) is 0.320. The Hall–Kier alpha value is -4.49. The van der Waals surface area contributed by atoms with Crippen molar-refractivity contribution in [1.82, 2.24) is 24.7 Å². The molecule has 1 atom stereocenters. The molecule has 4 heterocycles. The Labute approximate surface area is 218 Å². The van der Waals surface area contributed by atoms with Crippen LogP contribution in [0.4, 0.5) is 29.1 Å². The van der Waals surface area contributed by atoms with Crippen molar-refractivity contribution in [3.63, 3.8) is 0 Å². The van der Waals surface area contributed by atoms with Gasteiger partial charge in [-0.1, -0.05) is 0 Å². The number of anilines is 2. The maximum absolute atomic E-state index is 15.0. The number of H-pyrrole nitrogens is 1. The highest BCUT2D eigenvalue weighted by Gasteiger charge is 2.41. The van der Waals surface area contributed by atoms with Crippen molar-refractivity contribution in [3.8, 4) is 17.1 Å². The molecule has 1 aliphatic heterocycles. The maximum atomic E-state index is 15.0. The first kappa shape index (κ1) is 26.1. The van der Waals surface area contributed by atoms with E-state index in [9.17, 15) is 27.2 Å². The van der Waals surface area contributed by atoms with E-state index in [2.05, 4.69) is 15.1 Å². The molecule has 0 amide bonds. The summed E-state index contributed by atoms with van der Waals surface area (Å²) >= 11 is 0. The molecular formula is C25H23F4N7O3. The van der Waals surface area contributed by atoms with E-state index < -0.39 is 28.7 Å². The predicted molar refractivity (Wildman–Crippen MR) is 135 cm³/mol. The Bertz CT molecular complexity index is 1670. The lowest BCUT2D eigenvalue weighted by Crippen LogP contribution is -2.49. The smallest absolute Gasteiger partial charge is 0.423 e. The first-order valence-corrected chi connectivity index (χ1v) is 12.0. The summed E-state index contributed by atoms with van der Waals surface area (Å²) in [4.78, 5) is 34.5. The minimum atomic E-state index is -4.81. The van der Waals surface area contributed by atoms with Crippen LogP contribution in [-0.4, -0.2) is 44.4 Å². The van der Waals surface area contributed by atoms with Crippen LogP contribution < -0.4 is 26.5 Å². The summed E-state index contributed by atoms with van der Waals surface area (Å²) in [5.41, 5.74) is 2.68. The highest BCUT2D eigenvalue weighted by atomic mass is 19.4. The van der Waals surface area contributed by atoms with E-state index in [1.54, 1.807) is 12.3 Å². The van der Waals surface area contributed by atoms with Crippen LogP contribution in [0.5, 0.6) is 5.75 Å². The summed E-state index contributed by atoms with van der Waals surface area (Å²) in [6, 6.07) is 4.03. The third-order valence-corrected chi connectivity index (χ3v) is 6.82. The Kier molecular flexibility index (Phi) is 6.70. The van der Waals surface area contributed by atoms with E-state index in [1.165, 1.54) is 28.8 Å². The number of rotatable bonds is 7. The molecule has 1 aliphatic rings. The molecular weight excluding hydrogens is 522 g/mol. The SMILES string of the molecule is COc1cnc(-c2cc3ccn(CCCC4CCN4c4cn[nH]c(=O)c4C(F)(F)F)c(=O)c3cc2F)nc1N. The molecule has 1 aromatic carbocycles. The fourth-order valence-electron chi connectivity index (χ4n) is 4.76. The number of methoxy groups -OCH3 is 1. The second-order valence-electron chi connectivity index (χ2n) is 9.12. The van der Waals surface area contributed by atoms with E-state index in [4.69, 9.17) is 10.5 Å². The third-order valence-electron chi connectivity index (χ3n) is 6.82. The normalized spacial score (nSPS) is 15.4. The highest BCUT2D eigenvalue weighted by molar-refractivity contribution is 5.86. The first-order chi connectivity index (χ1) is 18.6. The second kappa shape index (κ2) is 10.0. The molecule has 3 aromatic heterocycles. The zero-order valence-corrected chi connectivity index (χ0v) is 20.6. The van der Waals surface area contributed by atoms with Crippen molar-refractivity contribution < 1.29 is 22.3 Å². The summed E-state index contributed by atoms with van der Waals surface area (Å²) in [6.07, 6.45) is 0.712. The van der Waals surface area contributed by atoms with Crippen molar-refractivity contribution in [2.24, 2.45) is 0 Å². The lowest BCUT2D eigenvalue weighted by Gasteiger charge is -2.43. The number of halogens is 4. The van der Waals surface area contributed by atoms with Crippen molar-refractivity contribution in [3.05, 3.63) is 68.9 Å². The van der Waals surface area contributed by atoms with Gasteiger partial charge in [0.25, 0.3) is 11.1 Å². The summed E-state index contributed by atoms with van der Waals surface area (Å²) in [5.74, 6) is -0.347. The molecule has 39 heavy (non-hydrogen) atoms.